The molecular formula is C14H20N2O5S2. The molecule has 1 aromatic rings. The highest BCUT2D eigenvalue weighted by molar-refractivity contribution is 7.92. The number of amides is 1. The number of nitrogens with zero attached hydrogens (tertiary/aromatic N) is 1. The average Bonchev–Trinajstić information content (AvgIpc) is 2.77. The van der Waals surface area contributed by atoms with E-state index < -0.39 is 31.0 Å². The second-order valence-corrected chi connectivity index (χ2v) is 10.1. The number of hydrogen-bond acceptors (Lipinski definition) is 5. The van der Waals surface area contributed by atoms with Crippen LogP contribution in [0.3, 0.4) is 0 Å². The molecule has 0 bridgehead atoms. The van der Waals surface area contributed by atoms with Gasteiger partial charge >= 0.3 is 0 Å². The van der Waals surface area contributed by atoms with Gasteiger partial charge in [0.15, 0.2) is 9.84 Å². The number of primary sulfonamides is 1. The van der Waals surface area contributed by atoms with Gasteiger partial charge in [-0.2, -0.15) is 0 Å². The summed E-state index contributed by atoms with van der Waals surface area (Å²) in [6, 6.07) is 6.27. The number of carbonyl (C=O) groups excluding carboxylic acids is 1. The Bertz CT molecular complexity index is 815. The molecule has 0 aliphatic carbocycles. The zero-order valence-corrected chi connectivity index (χ0v) is 14.6. The third kappa shape index (κ3) is 3.91. The molecule has 1 saturated heterocycles. The maximum Gasteiger partial charge on any atom is 0.227 e. The lowest BCUT2D eigenvalue weighted by molar-refractivity contribution is -0.117. The third-order valence-corrected chi connectivity index (χ3v) is 6.89. The Labute approximate surface area is 136 Å². The minimum Gasteiger partial charge on any atom is -0.311 e. The molecule has 1 aliphatic rings. The lowest BCUT2D eigenvalue weighted by Crippen LogP contribution is -2.29. The van der Waals surface area contributed by atoms with E-state index >= 15 is 0 Å². The Morgan fingerprint density at radius 1 is 1.22 bits per heavy atom. The summed E-state index contributed by atoms with van der Waals surface area (Å²) in [5.74, 6) is -1.04. The number of rotatable bonds is 5. The molecule has 7 nitrogen and oxygen atoms in total. The van der Waals surface area contributed by atoms with Crippen molar-refractivity contribution in [2.24, 2.45) is 11.1 Å². The molecule has 2 rings (SSSR count). The van der Waals surface area contributed by atoms with Crippen LogP contribution in [-0.2, 0) is 24.7 Å². The topological polar surface area (TPSA) is 115 Å². The minimum absolute atomic E-state index is 0.0342. The van der Waals surface area contributed by atoms with Crippen molar-refractivity contribution in [1.82, 2.24) is 0 Å². The summed E-state index contributed by atoms with van der Waals surface area (Å²) in [6.07, 6.45) is 0.0342. The van der Waals surface area contributed by atoms with Crippen LogP contribution in [0.5, 0.6) is 0 Å². The molecule has 1 unspecified atom stereocenters. The summed E-state index contributed by atoms with van der Waals surface area (Å²) < 4.78 is 47.4. The molecule has 1 aromatic carbocycles. The van der Waals surface area contributed by atoms with Crippen LogP contribution < -0.4 is 10.0 Å². The second kappa shape index (κ2) is 6.21. The van der Waals surface area contributed by atoms with Crippen LogP contribution in [0.15, 0.2) is 29.2 Å². The van der Waals surface area contributed by atoms with Gasteiger partial charge in [0, 0.05) is 18.9 Å². The van der Waals surface area contributed by atoms with Crippen molar-refractivity contribution in [1.29, 1.82) is 0 Å². The molecule has 0 radical (unpaired) electrons. The molecule has 1 amide bonds. The van der Waals surface area contributed by atoms with E-state index in [2.05, 4.69) is 0 Å². The molecule has 0 spiro atoms. The Morgan fingerprint density at radius 3 is 2.39 bits per heavy atom. The summed E-state index contributed by atoms with van der Waals surface area (Å²) in [4.78, 5) is 13.6. The van der Waals surface area contributed by atoms with E-state index in [1.807, 2.05) is 0 Å². The summed E-state index contributed by atoms with van der Waals surface area (Å²) >= 11 is 0. The van der Waals surface area contributed by atoms with Crippen LogP contribution in [0.2, 0.25) is 0 Å². The number of para-hydroxylation sites is 1. The van der Waals surface area contributed by atoms with Crippen LogP contribution in [-0.4, -0.2) is 40.3 Å². The molecule has 9 heteroatoms. The molecular weight excluding hydrogens is 340 g/mol. The van der Waals surface area contributed by atoms with Gasteiger partial charge in [-0.05, 0) is 26.0 Å². The smallest absolute Gasteiger partial charge is 0.227 e. The van der Waals surface area contributed by atoms with E-state index in [9.17, 15) is 21.6 Å². The van der Waals surface area contributed by atoms with E-state index in [1.54, 1.807) is 32.0 Å². The fourth-order valence-corrected chi connectivity index (χ4v) is 4.76. The number of anilines is 1. The largest absolute Gasteiger partial charge is 0.311 e. The van der Waals surface area contributed by atoms with Gasteiger partial charge in [-0.15, -0.1) is 0 Å². The maximum atomic E-state index is 12.5. The summed E-state index contributed by atoms with van der Waals surface area (Å²) in [5, 5.41) is 4.41. The fourth-order valence-electron chi connectivity index (χ4n) is 2.63. The Kier molecular flexibility index (Phi) is 4.84. The van der Waals surface area contributed by atoms with Crippen molar-refractivity contribution < 1.29 is 21.6 Å². The number of sulfone groups is 1. The lowest BCUT2D eigenvalue weighted by Gasteiger charge is -2.21. The highest BCUT2D eigenvalue weighted by atomic mass is 32.2. The number of benzene rings is 1. The van der Waals surface area contributed by atoms with Crippen molar-refractivity contribution >= 4 is 31.5 Å². The van der Waals surface area contributed by atoms with Gasteiger partial charge in [-0.1, -0.05) is 12.1 Å². The highest BCUT2D eigenvalue weighted by Crippen LogP contribution is 2.32. The summed E-state index contributed by atoms with van der Waals surface area (Å²) in [5.41, 5.74) is 0.295. The van der Waals surface area contributed by atoms with Gasteiger partial charge in [-0.3, -0.25) is 4.79 Å². The molecule has 1 fully saturated rings. The number of carbonyl (C=O) groups is 1. The van der Waals surface area contributed by atoms with Crippen LogP contribution in [0.4, 0.5) is 5.69 Å². The second-order valence-electron chi connectivity index (χ2n) is 5.97. The van der Waals surface area contributed by atoms with Crippen molar-refractivity contribution in [2.75, 3.05) is 17.2 Å². The minimum atomic E-state index is -3.69. The predicted molar refractivity (Wildman–Crippen MR) is 87.2 cm³/mol. The molecule has 1 aliphatic heterocycles. The first kappa shape index (κ1) is 17.9. The van der Waals surface area contributed by atoms with Crippen LogP contribution in [0.25, 0.3) is 0 Å². The zero-order chi connectivity index (χ0) is 17.4. The lowest BCUT2D eigenvalue weighted by atomic mass is 10.1. The van der Waals surface area contributed by atoms with Crippen molar-refractivity contribution in [3.63, 3.8) is 0 Å². The van der Waals surface area contributed by atoms with Crippen molar-refractivity contribution in [2.45, 2.75) is 30.4 Å². The molecule has 128 valence electrons. The first-order valence-electron chi connectivity index (χ1n) is 7.16. The fraction of sp³-hybridized carbons (Fsp3) is 0.500. The van der Waals surface area contributed by atoms with E-state index in [4.69, 9.17) is 5.14 Å². The first-order chi connectivity index (χ1) is 10.5. The number of sulfonamides is 1. The normalized spacial score (nSPS) is 19.6. The van der Waals surface area contributed by atoms with Gasteiger partial charge in [0.25, 0.3) is 0 Å². The van der Waals surface area contributed by atoms with E-state index in [0.717, 1.165) is 0 Å². The maximum absolute atomic E-state index is 12.5. The SMILES string of the molecule is CC(C)S(=O)(=O)c1ccccc1N1CC(CS(N)(=O)=O)CC1=O. The Morgan fingerprint density at radius 2 is 1.83 bits per heavy atom. The molecule has 0 aromatic heterocycles. The van der Waals surface area contributed by atoms with Gasteiger partial charge in [-0.25, -0.2) is 22.0 Å². The average molecular weight is 360 g/mol. The van der Waals surface area contributed by atoms with Gasteiger partial charge < -0.3 is 4.90 Å². The molecule has 1 atom stereocenters. The molecule has 23 heavy (non-hydrogen) atoms. The van der Waals surface area contributed by atoms with Gasteiger partial charge in [0.2, 0.25) is 15.9 Å². The molecule has 2 N–H and O–H groups in total. The highest BCUT2D eigenvalue weighted by Gasteiger charge is 2.35. The van der Waals surface area contributed by atoms with E-state index in [1.165, 1.54) is 11.0 Å². The number of nitrogens with two attached hydrogens (primary N) is 1. The summed E-state index contributed by atoms with van der Waals surface area (Å²) in [7, 11) is -7.24. The Balaban J connectivity index is 2.39. The van der Waals surface area contributed by atoms with Gasteiger partial charge in [0.05, 0.1) is 21.6 Å². The molecule has 1 heterocycles. The van der Waals surface area contributed by atoms with Crippen LogP contribution in [0.1, 0.15) is 20.3 Å². The van der Waals surface area contributed by atoms with E-state index in [-0.39, 0.29) is 29.5 Å². The first-order valence-corrected chi connectivity index (χ1v) is 10.4. The predicted octanol–water partition coefficient (Wildman–Crippen LogP) is 0.510. The summed E-state index contributed by atoms with van der Waals surface area (Å²) in [6.45, 7) is 3.28. The molecule has 0 saturated carbocycles. The van der Waals surface area contributed by atoms with Crippen LogP contribution >= 0.6 is 0 Å². The van der Waals surface area contributed by atoms with Gasteiger partial charge in [0.1, 0.15) is 0 Å². The standard InChI is InChI=1S/C14H20N2O5S2/c1-10(2)23(20,21)13-6-4-3-5-12(13)16-8-11(7-14(16)17)9-22(15,18)19/h3-6,10-11H,7-9H2,1-2H3,(H2,15,18,19). The number of hydrogen-bond donors (Lipinski definition) is 1. The zero-order valence-electron chi connectivity index (χ0n) is 13.0. The van der Waals surface area contributed by atoms with E-state index in [0.29, 0.717) is 5.69 Å². The Hall–Kier alpha value is -1.45. The third-order valence-electron chi connectivity index (χ3n) is 3.76. The monoisotopic (exact) mass is 360 g/mol. The van der Waals surface area contributed by atoms with Crippen molar-refractivity contribution in [3.05, 3.63) is 24.3 Å². The van der Waals surface area contributed by atoms with Crippen molar-refractivity contribution in [3.8, 4) is 0 Å². The quantitative estimate of drug-likeness (QED) is 0.821. The van der Waals surface area contributed by atoms with Crippen LogP contribution in [0, 0.1) is 5.92 Å².